The Morgan fingerprint density at radius 1 is 0.960 bits per heavy atom. The number of carbonyl (C=O) groups is 1. The first-order chi connectivity index (χ1) is 12.1. The summed E-state index contributed by atoms with van der Waals surface area (Å²) < 4.78 is 32.5. The predicted molar refractivity (Wildman–Crippen MR) is 96.3 cm³/mol. The van der Waals surface area contributed by atoms with Crippen molar-refractivity contribution in [2.24, 2.45) is 0 Å². The van der Waals surface area contributed by atoms with Gasteiger partial charge in [0.15, 0.2) is 5.78 Å². The van der Waals surface area contributed by atoms with Crippen LogP contribution in [0.3, 0.4) is 0 Å². The summed E-state index contributed by atoms with van der Waals surface area (Å²) in [5.41, 5.74) is 0.611. The second-order valence-corrected chi connectivity index (χ2v) is 7.07. The van der Waals surface area contributed by atoms with Crippen LogP contribution in [-0.2, 0) is 14.8 Å². The number of benzene rings is 2. The lowest BCUT2D eigenvalue weighted by Crippen LogP contribution is -2.33. The summed E-state index contributed by atoms with van der Waals surface area (Å²) in [6.45, 7) is 1.89. The zero-order valence-electron chi connectivity index (χ0n) is 14.1. The van der Waals surface area contributed by atoms with E-state index in [4.69, 9.17) is 4.74 Å². The molecule has 0 saturated carbocycles. The summed E-state index contributed by atoms with van der Waals surface area (Å²) >= 11 is 0. The fourth-order valence-corrected chi connectivity index (χ4v) is 3.52. The van der Waals surface area contributed by atoms with Gasteiger partial charge in [-0.2, -0.15) is 0 Å². The van der Waals surface area contributed by atoms with Crippen molar-refractivity contribution < 1.29 is 17.9 Å². The number of nitrogens with one attached hydrogen (secondary N) is 2. The molecule has 0 fully saturated rings. The molecule has 7 heteroatoms. The van der Waals surface area contributed by atoms with E-state index < -0.39 is 10.0 Å². The van der Waals surface area contributed by atoms with Gasteiger partial charge in [0.1, 0.15) is 0 Å². The SMILES string of the molecule is COCCNCCNS(=O)(=O)c1ccccc1C(=O)c1ccccc1. The third-order valence-electron chi connectivity index (χ3n) is 3.53. The average molecular weight is 362 g/mol. The van der Waals surface area contributed by atoms with Crippen molar-refractivity contribution >= 4 is 15.8 Å². The van der Waals surface area contributed by atoms with Crippen molar-refractivity contribution in [1.29, 1.82) is 0 Å². The van der Waals surface area contributed by atoms with Crippen molar-refractivity contribution in [3.05, 3.63) is 65.7 Å². The van der Waals surface area contributed by atoms with Crippen molar-refractivity contribution in [3.8, 4) is 0 Å². The maximum Gasteiger partial charge on any atom is 0.241 e. The Balaban J connectivity index is 2.12. The Hall–Kier alpha value is -2.06. The predicted octanol–water partition coefficient (Wildman–Crippen LogP) is 1.43. The summed E-state index contributed by atoms with van der Waals surface area (Å²) in [5.74, 6) is -0.320. The zero-order chi connectivity index (χ0) is 18.1. The fourth-order valence-electron chi connectivity index (χ4n) is 2.28. The number of hydrogen-bond donors (Lipinski definition) is 2. The number of ketones is 1. The number of rotatable bonds is 10. The van der Waals surface area contributed by atoms with Gasteiger partial charge in [-0.1, -0.05) is 42.5 Å². The summed E-state index contributed by atoms with van der Waals surface area (Å²) in [6, 6.07) is 14.9. The molecule has 2 aromatic rings. The average Bonchev–Trinajstić information content (AvgIpc) is 2.64. The van der Waals surface area contributed by atoms with Crippen molar-refractivity contribution in [2.75, 3.05) is 33.4 Å². The van der Waals surface area contributed by atoms with Crippen molar-refractivity contribution in [1.82, 2.24) is 10.0 Å². The topological polar surface area (TPSA) is 84.5 Å². The summed E-state index contributed by atoms with van der Waals surface area (Å²) in [4.78, 5) is 12.6. The highest BCUT2D eigenvalue weighted by Gasteiger charge is 2.22. The number of methoxy groups -OCH3 is 1. The normalized spacial score (nSPS) is 11.4. The van der Waals surface area contributed by atoms with Gasteiger partial charge in [0.05, 0.1) is 11.5 Å². The third-order valence-corrected chi connectivity index (χ3v) is 5.05. The van der Waals surface area contributed by atoms with Crippen LogP contribution in [0, 0.1) is 0 Å². The molecule has 0 unspecified atom stereocenters. The maximum absolute atomic E-state index is 12.6. The van der Waals surface area contributed by atoms with Crippen LogP contribution in [0.2, 0.25) is 0 Å². The lowest BCUT2D eigenvalue weighted by Gasteiger charge is -2.11. The van der Waals surface area contributed by atoms with Crippen LogP contribution in [-0.4, -0.2) is 47.6 Å². The second-order valence-electron chi connectivity index (χ2n) is 5.33. The Kier molecular flexibility index (Phi) is 7.27. The van der Waals surface area contributed by atoms with Gasteiger partial charge < -0.3 is 10.1 Å². The number of carbonyl (C=O) groups excluding carboxylic acids is 1. The first-order valence-electron chi connectivity index (χ1n) is 7.94. The number of sulfonamides is 1. The Bertz CT molecular complexity index is 792. The molecule has 0 amide bonds. The summed E-state index contributed by atoms with van der Waals surface area (Å²) in [6.07, 6.45) is 0. The highest BCUT2D eigenvalue weighted by atomic mass is 32.2. The first-order valence-corrected chi connectivity index (χ1v) is 9.42. The molecule has 0 heterocycles. The molecule has 6 nitrogen and oxygen atoms in total. The fraction of sp³-hybridized carbons (Fsp3) is 0.278. The van der Waals surface area contributed by atoms with Crippen LogP contribution >= 0.6 is 0 Å². The molecule has 0 aliphatic heterocycles. The highest BCUT2D eigenvalue weighted by molar-refractivity contribution is 7.89. The molecule has 0 radical (unpaired) electrons. The van der Waals surface area contributed by atoms with Crippen molar-refractivity contribution in [2.45, 2.75) is 4.90 Å². The quantitative estimate of drug-likeness (QED) is 0.493. The van der Waals surface area contributed by atoms with E-state index in [1.165, 1.54) is 12.1 Å². The van der Waals surface area contributed by atoms with E-state index in [1.807, 2.05) is 0 Å². The molecule has 2 aromatic carbocycles. The number of hydrogen-bond acceptors (Lipinski definition) is 5. The van der Waals surface area contributed by atoms with Gasteiger partial charge in [0.25, 0.3) is 0 Å². The molecular formula is C18H22N2O4S. The Morgan fingerprint density at radius 2 is 1.64 bits per heavy atom. The van der Waals surface area contributed by atoms with Gasteiger partial charge in [-0.3, -0.25) is 4.79 Å². The van der Waals surface area contributed by atoms with Gasteiger partial charge >= 0.3 is 0 Å². The lowest BCUT2D eigenvalue weighted by molar-refractivity contribution is 0.103. The molecule has 0 aliphatic rings. The molecule has 0 spiro atoms. The van der Waals surface area contributed by atoms with E-state index in [1.54, 1.807) is 49.6 Å². The van der Waals surface area contributed by atoms with Gasteiger partial charge in [0.2, 0.25) is 10.0 Å². The minimum atomic E-state index is -3.78. The lowest BCUT2D eigenvalue weighted by atomic mass is 10.0. The van der Waals surface area contributed by atoms with Crippen LogP contribution < -0.4 is 10.0 Å². The van der Waals surface area contributed by atoms with Crippen LogP contribution in [0.25, 0.3) is 0 Å². The molecule has 25 heavy (non-hydrogen) atoms. The second kappa shape index (κ2) is 9.43. The highest BCUT2D eigenvalue weighted by Crippen LogP contribution is 2.19. The molecule has 2 N–H and O–H groups in total. The van der Waals surface area contributed by atoms with E-state index in [-0.39, 0.29) is 22.8 Å². The Labute approximate surface area is 148 Å². The standard InChI is InChI=1S/C18H22N2O4S/c1-24-14-13-19-11-12-20-25(22,23)17-10-6-5-9-16(17)18(21)15-7-3-2-4-8-15/h2-10,19-20H,11-14H2,1H3. The summed E-state index contributed by atoms with van der Waals surface area (Å²) in [7, 11) is -2.18. The van der Waals surface area contributed by atoms with Crippen LogP contribution in [0.15, 0.2) is 59.5 Å². The first kappa shape index (κ1) is 19.3. The van der Waals surface area contributed by atoms with Gasteiger partial charge in [-0.05, 0) is 12.1 Å². The molecular weight excluding hydrogens is 340 g/mol. The largest absolute Gasteiger partial charge is 0.383 e. The van der Waals surface area contributed by atoms with Gasteiger partial charge in [-0.15, -0.1) is 0 Å². The number of ether oxygens (including phenoxy) is 1. The van der Waals surface area contributed by atoms with Gasteiger partial charge in [-0.25, -0.2) is 13.1 Å². The van der Waals surface area contributed by atoms with E-state index in [2.05, 4.69) is 10.0 Å². The van der Waals surface area contributed by atoms with E-state index in [0.29, 0.717) is 25.3 Å². The third kappa shape index (κ3) is 5.47. The minimum absolute atomic E-state index is 0.0132. The molecule has 2 rings (SSSR count). The minimum Gasteiger partial charge on any atom is -0.383 e. The van der Waals surface area contributed by atoms with E-state index in [0.717, 1.165) is 0 Å². The smallest absolute Gasteiger partial charge is 0.241 e. The van der Waals surface area contributed by atoms with E-state index in [9.17, 15) is 13.2 Å². The van der Waals surface area contributed by atoms with Crippen LogP contribution in [0.5, 0.6) is 0 Å². The maximum atomic E-state index is 12.6. The Morgan fingerprint density at radius 3 is 2.36 bits per heavy atom. The van der Waals surface area contributed by atoms with Crippen LogP contribution in [0.4, 0.5) is 0 Å². The summed E-state index contributed by atoms with van der Waals surface area (Å²) in [5, 5.41) is 3.05. The molecule has 0 saturated heterocycles. The molecule has 0 aliphatic carbocycles. The monoisotopic (exact) mass is 362 g/mol. The van der Waals surface area contributed by atoms with E-state index >= 15 is 0 Å². The van der Waals surface area contributed by atoms with Gasteiger partial charge in [0, 0.05) is 37.9 Å². The molecule has 0 aromatic heterocycles. The molecule has 0 atom stereocenters. The van der Waals surface area contributed by atoms with Crippen molar-refractivity contribution in [3.63, 3.8) is 0 Å². The van der Waals surface area contributed by atoms with Crippen LogP contribution in [0.1, 0.15) is 15.9 Å². The zero-order valence-corrected chi connectivity index (χ0v) is 14.9. The molecule has 0 bridgehead atoms. The molecule has 134 valence electrons.